The second-order valence-electron chi connectivity index (χ2n) is 4.02. The van der Waals surface area contributed by atoms with E-state index in [4.69, 9.17) is 5.26 Å². The molecule has 1 aromatic rings. The Hall–Kier alpha value is -1.49. The molecule has 0 aromatic carbocycles. The molecule has 7 heteroatoms. The number of rotatable bonds is 6. The van der Waals surface area contributed by atoms with Gasteiger partial charge in [0.25, 0.3) is 0 Å². The molecule has 0 aliphatic heterocycles. The maximum atomic E-state index is 11.9. The van der Waals surface area contributed by atoms with Gasteiger partial charge in [-0.3, -0.25) is 0 Å². The lowest BCUT2D eigenvalue weighted by Crippen LogP contribution is -2.28. The van der Waals surface area contributed by atoms with Crippen LogP contribution < -0.4 is 4.72 Å². The van der Waals surface area contributed by atoms with E-state index >= 15 is 0 Å². The van der Waals surface area contributed by atoms with Crippen molar-refractivity contribution in [2.45, 2.75) is 11.3 Å². The molecule has 0 saturated carbocycles. The van der Waals surface area contributed by atoms with Crippen LogP contribution in [0.4, 0.5) is 0 Å². The highest BCUT2D eigenvalue weighted by molar-refractivity contribution is 7.89. The van der Waals surface area contributed by atoms with Crippen LogP contribution in [-0.4, -0.2) is 45.5 Å². The summed E-state index contributed by atoms with van der Waals surface area (Å²) in [4.78, 5) is 5.63. The van der Waals surface area contributed by atoms with E-state index in [1.165, 1.54) is 18.3 Å². The van der Waals surface area contributed by atoms with Crippen molar-refractivity contribution in [1.82, 2.24) is 14.6 Å². The number of hydrogen-bond acceptors (Lipinski definition) is 5. The molecule has 6 nitrogen and oxygen atoms in total. The number of sulfonamides is 1. The lowest BCUT2D eigenvalue weighted by molar-refractivity contribution is 0.400. The number of nitrogens with one attached hydrogen (secondary N) is 1. The van der Waals surface area contributed by atoms with Crippen LogP contribution in [0.2, 0.25) is 0 Å². The number of nitrogens with zero attached hydrogens (tertiary/aromatic N) is 3. The third-order valence-corrected chi connectivity index (χ3v) is 3.73. The van der Waals surface area contributed by atoms with Gasteiger partial charge in [-0.1, -0.05) is 0 Å². The van der Waals surface area contributed by atoms with E-state index < -0.39 is 10.0 Å². The van der Waals surface area contributed by atoms with Gasteiger partial charge in [-0.15, -0.1) is 0 Å². The summed E-state index contributed by atoms with van der Waals surface area (Å²) in [6.07, 6.45) is 2.10. The molecule has 0 aliphatic carbocycles. The molecule has 1 rings (SSSR count). The summed E-state index contributed by atoms with van der Waals surface area (Å²) in [5, 5.41) is 8.81. The van der Waals surface area contributed by atoms with E-state index in [9.17, 15) is 8.42 Å². The SMILES string of the molecule is CN(C)CCCNS(=O)(=O)c1cccnc1C#N. The van der Waals surface area contributed by atoms with Gasteiger partial charge in [0, 0.05) is 12.7 Å². The highest BCUT2D eigenvalue weighted by atomic mass is 32.2. The van der Waals surface area contributed by atoms with Crippen molar-refractivity contribution < 1.29 is 8.42 Å². The van der Waals surface area contributed by atoms with Crippen LogP contribution in [0.5, 0.6) is 0 Å². The average Bonchev–Trinajstić information content (AvgIpc) is 2.34. The van der Waals surface area contributed by atoms with E-state index in [0.717, 1.165) is 6.54 Å². The monoisotopic (exact) mass is 268 g/mol. The summed E-state index contributed by atoms with van der Waals surface area (Å²) in [7, 11) is 0.186. The van der Waals surface area contributed by atoms with Crippen LogP contribution >= 0.6 is 0 Å². The second-order valence-corrected chi connectivity index (χ2v) is 5.75. The van der Waals surface area contributed by atoms with Crippen molar-refractivity contribution in [2.75, 3.05) is 27.2 Å². The predicted molar refractivity (Wildman–Crippen MR) is 67.3 cm³/mol. The third kappa shape index (κ3) is 4.07. The van der Waals surface area contributed by atoms with Crippen LogP contribution in [-0.2, 0) is 10.0 Å². The molecule has 0 radical (unpaired) electrons. The summed E-state index contributed by atoms with van der Waals surface area (Å²) in [6, 6.07) is 4.64. The van der Waals surface area contributed by atoms with Crippen molar-refractivity contribution in [3.63, 3.8) is 0 Å². The van der Waals surface area contributed by atoms with Crippen LogP contribution in [0.25, 0.3) is 0 Å². The Kier molecular flexibility index (Phi) is 5.22. The van der Waals surface area contributed by atoms with E-state index in [-0.39, 0.29) is 10.6 Å². The van der Waals surface area contributed by atoms with Crippen LogP contribution in [0.3, 0.4) is 0 Å². The first kappa shape index (κ1) is 14.6. The zero-order valence-electron chi connectivity index (χ0n) is 10.4. The van der Waals surface area contributed by atoms with E-state index in [0.29, 0.717) is 13.0 Å². The molecule has 0 unspecified atom stereocenters. The molecule has 0 spiro atoms. The highest BCUT2D eigenvalue weighted by Crippen LogP contribution is 2.11. The lowest BCUT2D eigenvalue weighted by atomic mass is 10.4. The first-order valence-corrected chi connectivity index (χ1v) is 6.95. The molecule has 0 saturated heterocycles. The molecule has 0 fully saturated rings. The predicted octanol–water partition coefficient (Wildman–Crippen LogP) is 0.183. The van der Waals surface area contributed by atoms with Gasteiger partial charge < -0.3 is 4.90 Å². The summed E-state index contributed by atoms with van der Waals surface area (Å²) in [5.41, 5.74) is -0.0855. The lowest BCUT2D eigenvalue weighted by Gasteiger charge is -2.10. The molecular weight excluding hydrogens is 252 g/mol. The number of hydrogen-bond donors (Lipinski definition) is 1. The average molecular weight is 268 g/mol. The Morgan fingerprint density at radius 2 is 2.22 bits per heavy atom. The van der Waals surface area contributed by atoms with Gasteiger partial charge >= 0.3 is 0 Å². The Balaban J connectivity index is 2.72. The molecule has 0 atom stereocenters. The largest absolute Gasteiger partial charge is 0.309 e. The zero-order valence-corrected chi connectivity index (χ0v) is 11.2. The Labute approximate surface area is 107 Å². The van der Waals surface area contributed by atoms with Gasteiger partial charge in [-0.2, -0.15) is 5.26 Å². The zero-order chi connectivity index (χ0) is 13.6. The Bertz CT molecular complexity index is 534. The molecule has 1 N–H and O–H groups in total. The quantitative estimate of drug-likeness (QED) is 0.744. The third-order valence-electron chi connectivity index (χ3n) is 2.24. The van der Waals surface area contributed by atoms with Crippen molar-refractivity contribution in [2.24, 2.45) is 0 Å². The summed E-state index contributed by atoms with van der Waals surface area (Å²) in [6.45, 7) is 1.13. The van der Waals surface area contributed by atoms with Crippen molar-refractivity contribution in [3.8, 4) is 6.07 Å². The molecule has 0 bridgehead atoms. The minimum absolute atomic E-state index is 0.0719. The topological polar surface area (TPSA) is 86.1 Å². The smallest absolute Gasteiger partial charge is 0.243 e. The highest BCUT2D eigenvalue weighted by Gasteiger charge is 2.18. The minimum atomic E-state index is -3.65. The van der Waals surface area contributed by atoms with Gasteiger partial charge in [0.15, 0.2) is 5.69 Å². The van der Waals surface area contributed by atoms with Gasteiger partial charge in [-0.05, 0) is 39.2 Å². The molecular formula is C11H16N4O2S. The minimum Gasteiger partial charge on any atom is -0.309 e. The standard InChI is InChI=1S/C11H16N4O2S/c1-15(2)8-4-7-14-18(16,17)11-5-3-6-13-10(11)9-12/h3,5-6,14H,4,7-8H2,1-2H3. The van der Waals surface area contributed by atoms with Crippen molar-refractivity contribution in [1.29, 1.82) is 5.26 Å². The summed E-state index contributed by atoms with van der Waals surface area (Å²) in [5.74, 6) is 0. The van der Waals surface area contributed by atoms with E-state index in [2.05, 4.69) is 9.71 Å². The summed E-state index contributed by atoms with van der Waals surface area (Å²) >= 11 is 0. The first-order valence-electron chi connectivity index (χ1n) is 5.47. The van der Waals surface area contributed by atoms with Crippen LogP contribution in [0.15, 0.2) is 23.2 Å². The second kappa shape index (κ2) is 6.44. The Morgan fingerprint density at radius 1 is 1.50 bits per heavy atom. The fraction of sp³-hybridized carbons (Fsp3) is 0.455. The van der Waals surface area contributed by atoms with Crippen LogP contribution in [0, 0.1) is 11.3 Å². The number of aromatic nitrogens is 1. The van der Waals surface area contributed by atoms with Crippen molar-refractivity contribution >= 4 is 10.0 Å². The van der Waals surface area contributed by atoms with Gasteiger partial charge in [-0.25, -0.2) is 18.1 Å². The van der Waals surface area contributed by atoms with E-state index in [1.54, 1.807) is 6.07 Å². The maximum Gasteiger partial charge on any atom is 0.243 e. The summed E-state index contributed by atoms with van der Waals surface area (Å²) < 4.78 is 26.3. The van der Waals surface area contributed by atoms with Gasteiger partial charge in [0.05, 0.1) is 0 Å². The van der Waals surface area contributed by atoms with Crippen molar-refractivity contribution in [3.05, 3.63) is 24.0 Å². The molecule has 98 valence electrons. The molecule has 0 aliphatic rings. The van der Waals surface area contributed by atoms with Gasteiger partial charge in [0.2, 0.25) is 10.0 Å². The maximum absolute atomic E-state index is 11.9. The number of nitriles is 1. The Morgan fingerprint density at radius 3 is 2.83 bits per heavy atom. The fourth-order valence-electron chi connectivity index (χ4n) is 1.37. The molecule has 0 amide bonds. The van der Waals surface area contributed by atoms with E-state index in [1.807, 2.05) is 19.0 Å². The van der Waals surface area contributed by atoms with Crippen LogP contribution in [0.1, 0.15) is 12.1 Å². The fourth-order valence-corrected chi connectivity index (χ4v) is 2.55. The van der Waals surface area contributed by atoms with Gasteiger partial charge in [0.1, 0.15) is 11.0 Å². The first-order chi connectivity index (χ1) is 8.47. The molecule has 18 heavy (non-hydrogen) atoms. The normalized spacial score (nSPS) is 11.4. The molecule has 1 aromatic heterocycles. The molecule has 1 heterocycles. The number of pyridine rings is 1.